The molecule has 0 amide bonds. The van der Waals surface area contributed by atoms with Crippen LogP contribution in [-0.4, -0.2) is 33.7 Å². The van der Waals surface area contributed by atoms with Crippen LogP contribution in [0, 0.1) is 0 Å². The van der Waals surface area contributed by atoms with Crippen LogP contribution < -0.4 is 0 Å². The Balaban J connectivity index is 2.99. The summed E-state index contributed by atoms with van der Waals surface area (Å²) in [6.45, 7) is 0. The quantitative estimate of drug-likeness (QED) is 0.364. The summed E-state index contributed by atoms with van der Waals surface area (Å²) in [5, 5.41) is 16.9. The second kappa shape index (κ2) is 14.4. The molecule has 0 spiro atoms. The van der Waals surface area contributed by atoms with Crippen LogP contribution in [-0.2, 0) is 9.59 Å². The fourth-order valence-corrected chi connectivity index (χ4v) is 5.33. The predicted molar refractivity (Wildman–Crippen MR) is 84.7 cm³/mol. The Hall–Kier alpha value is -0.0100. The Morgan fingerprint density at radius 1 is 0.684 bits per heavy atom. The van der Waals surface area contributed by atoms with Crippen LogP contribution in [0.25, 0.3) is 0 Å². The average Bonchev–Trinajstić information content (AvgIpc) is 2.34. The van der Waals surface area contributed by atoms with Crippen LogP contribution in [0.15, 0.2) is 0 Å². The van der Waals surface area contributed by atoms with Crippen LogP contribution in [0.2, 0.25) is 0 Å². The molecule has 112 valence electrons. The van der Waals surface area contributed by atoms with Gasteiger partial charge in [-0.1, -0.05) is 34.4 Å². The van der Waals surface area contributed by atoms with Crippen molar-refractivity contribution in [2.24, 2.45) is 0 Å². The minimum Gasteiger partial charge on any atom is -0.481 e. The molecule has 0 aliphatic heterocycles. The summed E-state index contributed by atoms with van der Waals surface area (Å²) >= 11 is 0. The van der Waals surface area contributed by atoms with Crippen LogP contribution in [0.4, 0.5) is 0 Å². The summed E-state index contributed by atoms with van der Waals surface area (Å²) in [7, 11) is 5.42. The lowest BCUT2D eigenvalue weighted by molar-refractivity contribution is -0.138. The van der Waals surface area contributed by atoms with Gasteiger partial charge in [0.2, 0.25) is 0 Å². The highest BCUT2D eigenvalue weighted by atomic mass is 33.5. The van der Waals surface area contributed by atoms with Gasteiger partial charge in [0.15, 0.2) is 0 Å². The average molecular weight is 327 g/mol. The highest BCUT2D eigenvalue weighted by Crippen LogP contribution is 2.35. The van der Waals surface area contributed by atoms with E-state index in [2.05, 4.69) is 0 Å². The number of carboxylic acids is 2. The van der Waals surface area contributed by atoms with Crippen molar-refractivity contribution >= 4 is 43.4 Å². The third-order valence-corrected chi connectivity index (χ3v) is 6.75. The fraction of sp³-hybridized carbons (Fsp3) is 0.833. The molecule has 19 heavy (non-hydrogen) atoms. The SMILES string of the molecule is O=C(O)CCCCCSSSCCCCCC(=O)O. The van der Waals surface area contributed by atoms with Gasteiger partial charge in [-0.15, -0.1) is 0 Å². The maximum Gasteiger partial charge on any atom is 0.303 e. The Morgan fingerprint density at radius 3 is 1.47 bits per heavy atom. The number of hydrogen-bond acceptors (Lipinski definition) is 5. The minimum absolute atomic E-state index is 0.281. The number of carboxylic acid groups (broad SMARTS) is 2. The maximum atomic E-state index is 10.3. The van der Waals surface area contributed by atoms with E-state index in [1.165, 1.54) is 0 Å². The second-order valence-electron chi connectivity index (χ2n) is 4.12. The Bertz CT molecular complexity index is 225. The summed E-state index contributed by atoms with van der Waals surface area (Å²) in [5.74, 6) is 0.716. The van der Waals surface area contributed by atoms with E-state index < -0.39 is 11.9 Å². The second-order valence-corrected chi connectivity index (χ2v) is 8.59. The molecule has 0 aromatic rings. The third kappa shape index (κ3) is 18.0. The molecule has 4 nitrogen and oxygen atoms in total. The molecule has 0 aromatic carbocycles. The highest BCUT2D eigenvalue weighted by molar-refractivity contribution is 9.09. The zero-order valence-corrected chi connectivity index (χ0v) is 13.5. The molecule has 0 bridgehead atoms. The van der Waals surface area contributed by atoms with Gasteiger partial charge in [-0.3, -0.25) is 9.59 Å². The topological polar surface area (TPSA) is 74.6 Å². The Kier molecular flexibility index (Phi) is 14.4. The van der Waals surface area contributed by atoms with Crippen molar-refractivity contribution in [3.63, 3.8) is 0 Å². The largest absolute Gasteiger partial charge is 0.481 e. The molecule has 0 heterocycles. The Labute approximate surface area is 126 Å². The van der Waals surface area contributed by atoms with Gasteiger partial charge in [0.1, 0.15) is 0 Å². The molecule has 0 radical (unpaired) electrons. The molecule has 0 aliphatic rings. The maximum absolute atomic E-state index is 10.3. The number of rotatable bonds is 14. The normalized spacial score (nSPS) is 10.5. The van der Waals surface area contributed by atoms with E-state index in [0.29, 0.717) is 0 Å². The van der Waals surface area contributed by atoms with Crippen LogP contribution in [0.5, 0.6) is 0 Å². The van der Waals surface area contributed by atoms with Gasteiger partial charge in [0, 0.05) is 24.3 Å². The first kappa shape index (κ1) is 19.0. The highest BCUT2D eigenvalue weighted by Gasteiger charge is 1.98. The van der Waals surface area contributed by atoms with Gasteiger partial charge in [-0.2, -0.15) is 0 Å². The first-order valence-electron chi connectivity index (χ1n) is 6.47. The van der Waals surface area contributed by atoms with Crippen LogP contribution >= 0.6 is 31.4 Å². The van der Waals surface area contributed by atoms with Crippen molar-refractivity contribution in [1.82, 2.24) is 0 Å². The van der Waals surface area contributed by atoms with E-state index in [1.807, 2.05) is 21.6 Å². The molecular formula is C12H22O4S3. The zero-order valence-electron chi connectivity index (χ0n) is 11.0. The molecule has 2 N–H and O–H groups in total. The summed E-state index contributed by atoms with van der Waals surface area (Å²) in [4.78, 5) is 20.5. The molecule has 0 rings (SSSR count). The monoisotopic (exact) mass is 326 g/mol. The molecule has 0 aliphatic carbocycles. The summed E-state index contributed by atoms with van der Waals surface area (Å²) < 4.78 is 0. The van der Waals surface area contributed by atoms with Gasteiger partial charge in [0.05, 0.1) is 0 Å². The molecule has 0 atom stereocenters. The van der Waals surface area contributed by atoms with Gasteiger partial charge in [-0.25, -0.2) is 0 Å². The van der Waals surface area contributed by atoms with Gasteiger partial charge >= 0.3 is 11.9 Å². The molecular weight excluding hydrogens is 304 g/mol. The van der Waals surface area contributed by atoms with Crippen molar-refractivity contribution in [3.05, 3.63) is 0 Å². The van der Waals surface area contributed by atoms with Crippen LogP contribution in [0.3, 0.4) is 0 Å². The number of aliphatic carboxylic acids is 2. The smallest absolute Gasteiger partial charge is 0.303 e. The van der Waals surface area contributed by atoms with E-state index in [1.54, 1.807) is 9.83 Å². The van der Waals surface area contributed by atoms with E-state index in [0.717, 1.165) is 50.0 Å². The van der Waals surface area contributed by atoms with Crippen molar-refractivity contribution in [2.75, 3.05) is 11.5 Å². The standard InChI is InChI=1S/C12H22O4S3/c13-11(14)7-3-1-5-9-17-19-18-10-6-2-4-8-12(15)16/h1-10H2,(H,13,14)(H,15,16). The Morgan fingerprint density at radius 2 is 1.11 bits per heavy atom. The predicted octanol–water partition coefficient (Wildman–Crippen LogP) is 4.31. The van der Waals surface area contributed by atoms with E-state index in [-0.39, 0.29) is 12.8 Å². The lowest BCUT2D eigenvalue weighted by Gasteiger charge is -2.01. The van der Waals surface area contributed by atoms with E-state index in [4.69, 9.17) is 10.2 Å². The van der Waals surface area contributed by atoms with Crippen molar-refractivity contribution in [1.29, 1.82) is 0 Å². The molecule has 0 aromatic heterocycles. The zero-order chi connectivity index (χ0) is 14.3. The number of unbranched alkanes of at least 4 members (excludes halogenated alkanes) is 4. The molecule has 0 unspecified atom stereocenters. The van der Waals surface area contributed by atoms with Crippen molar-refractivity contribution in [3.8, 4) is 0 Å². The molecule has 0 saturated heterocycles. The van der Waals surface area contributed by atoms with E-state index >= 15 is 0 Å². The summed E-state index contributed by atoms with van der Waals surface area (Å²) in [6.07, 6.45) is 6.23. The molecule has 0 fully saturated rings. The summed E-state index contributed by atoms with van der Waals surface area (Å²) in [6, 6.07) is 0. The third-order valence-electron chi connectivity index (χ3n) is 2.33. The van der Waals surface area contributed by atoms with Crippen LogP contribution in [0.1, 0.15) is 51.4 Å². The first-order valence-corrected chi connectivity index (χ1v) is 10.3. The minimum atomic E-state index is -0.708. The van der Waals surface area contributed by atoms with Crippen molar-refractivity contribution < 1.29 is 19.8 Å². The lowest BCUT2D eigenvalue weighted by Crippen LogP contribution is -1.93. The first-order chi connectivity index (χ1) is 9.13. The lowest BCUT2D eigenvalue weighted by atomic mass is 10.2. The van der Waals surface area contributed by atoms with Crippen molar-refractivity contribution in [2.45, 2.75) is 51.4 Å². The van der Waals surface area contributed by atoms with Gasteiger partial charge in [0.25, 0.3) is 0 Å². The number of hydrogen-bond donors (Lipinski definition) is 2. The fourth-order valence-electron chi connectivity index (χ4n) is 1.33. The van der Waals surface area contributed by atoms with Gasteiger partial charge < -0.3 is 10.2 Å². The van der Waals surface area contributed by atoms with Gasteiger partial charge in [-0.05, 0) is 35.5 Å². The summed E-state index contributed by atoms with van der Waals surface area (Å²) in [5.41, 5.74) is 0. The molecule has 0 saturated carbocycles. The van der Waals surface area contributed by atoms with E-state index in [9.17, 15) is 9.59 Å². The molecule has 7 heteroatoms. The number of carbonyl (C=O) groups is 2.